The molecule has 2 rings (SSSR count). The second-order valence-corrected chi connectivity index (χ2v) is 5.81. The van der Waals surface area contributed by atoms with Crippen molar-refractivity contribution in [3.8, 4) is 0 Å². The van der Waals surface area contributed by atoms with Gasteiger partial charge in [-0.3, -0.25) is 4.79 Å². The first-order chi connectivity index (χ1) is 9.57. The molecule has 1 aromatic carbocycles. The van der Waals surface area contributed by atoms with E-state index >= 15 is 0 Å². The summed E-state index contributed by atoms with van der Waals surface area (Å²) in [6, 6.07) is 7.59. The van der Waals surface area contributed by atoms with Crippen LogP contribution in [0.25, 0.3) is 0 Å². The maximum Gasteiger partial charge on any atom is 0.220 e. The molecule has 0 aliphatic heterocycles. The number of carbonyl (C=O) groups excluding carboxylic acids is 1. The summed E-state index contributed by atoms with van der Waals surface area (Å²) in [5.74, 6) is -0.00794. The van der Waals surface area contributed by atoms with Crippen LogP contribution in [0.15, 0.2) is 24.3 Å². The van der Waals surface area contributed by atoms with E-state index in [1.165, 1.54) is 6.42 Å². The van der Waals surface area contributed by atoms with Crippen molar-refractivity contribution in [3.63, 3.8) is 0 Å². The SMILES string of the molecule is Nc1cccc(CCC(=O)NCC2(O)CCCCC2)c1. The average Bonchev–Trinajstić information content (AvgIpc) is 2.44. The van der Waals surface area contributed by atoms with Gasteiger partial charge in [-0.25, -0.2) is 0 Å². The molecule has 0 atom stereocenters. The molecule has 110 valence electrons. The van der Waals surface area contributed by atoms with Crippen LogP contribution in [0, 0.1) is 0 Å². The standard InChI is InChI=1S/C16H24N2O2/c17-14-6-4-5-13(11-14)7-8-15(19)18-12-16(20)9-2-1-3-10-16/h4-6,11,20H,1-3,7-10,12,17H2,(H,18,19). The summed E-state index contributed by atoms with van der Waals surface area (Å²) < 4.78 is 0. The minimum atomic E-state index is -0.689. The monoisotopic (exact) mass is 276 g/mol. The summed E-state index contributed by atoms with van der Waals surface area (Å²) in [4.78, 5) is 11.8. The Labute approximate surface area is 120 Å². The van der Waals surface area contributed by atoms with E-state index in [0.29, 0.717) is 19.4 Å². The van der Waals surface area contributed by atoms with Gasteiger partial charge in [0.1, 0.15) is 0 Å². The Kier molecular flexibility index (Phi) is 5.01. The number of nitrogen functional groups attached to an aromatic ring is 1. The van der Waals surface area contributed by atoms with Crippen LogP contribution in [-0.2, 0) is 11.2 Å². The lowest BCUT2D eigenvalue weighted by Gasteiger charge is -2.32. The number of hydrogen-bond donors (Lipinski definition) is 3. The van der Waals surface area contributed by atoms with Crippen LogP contribution in [0.1, 0.15) is 44.1 Å². The first-order valence-electron chi connectivity index (χ1n) is 7.41. The molecule has 1 aliphatic carbocycles. The zero-order chi connectivity index (χ0) is 14.4. The number of aryl methyl sites for hydroxylation is 1. The largest absolute Gasteiger partial charge is 0.399 e. The number of nitrogens with one attached hydrogen (secondary N) is 1. The first-order valence-corrected chi connectivity index (χ1v) is 7.41. The van der Waals surface area contributed by atoms with Gasteiger partial charge >= 0.3 is 0 Å². The predicted octanol–water partition coefficient (Wildman–Crippen LogP) is 2.01. The summed E-state index contributed by atoms with van der Waals surface area (Å²) in [6.45, 7) is 0.378. The van der Waals surface area contributed by atoms with E-state index in [9.17, 15) is 9.90 Å². The normalized spacial score (nSPS) is 17.6. The molecule has 0 spiro atoms. The Balaban J connectivity index is 1.72. The summed E-state index contributed by atoms with van der Waals surface area (Å²) in [6.07, 6.45) is 5.98. The molecule has 0 unspecified atom stereocenters. The number of rotatable bonds is 5. The van der Waals surface area contributed by atoms with Crippen molar-refractivity contribution in [2.24, 2.45) is 0 Å². The Morgan fingerprint density at radius 1 is 1.30 bits per heavy atom. The van der Waals surface area contributed by atoms with Crippen LogP contribution < -0.4 is 11.1 Å². The smallest absolute Gasteiger partial charge is 0.220 e. The Hall–Kier alpha value is -1.55. The fourth-order valence-electron chi connectivity index (χ4n) is 2.74. The number of anilines is 1. The van der Waals surface area contributed by atoms with Crippen molar-refractivity contribution in [3.05, 3.63) is 29.8 Å². The molecule has 1 fully saturated rings. The molecular weight excluding hydrogens is 252 g/mol. The maximum absolute atomic E-state index is 11.8. The highest BCUT2D eigenvalue weighted by Crippen LogP contribution is 2.27. The van der Waals surface area contributed by atoms with E-state index in [0.717, 1.165) is 36.9 Å². The second kappa shape index (κ2) is 6.75. The van der Waals surface area contributed by atoms with E-state index in [2.05, 4.69) is 5.32 Å². The summed E-state index contributed by atoms with van der Waals surface area (Å²) in [5, 5.41) is 13.2. The molecule has 4 heteroatoms. The molecule has 0 bridgehead atoms. The maximum atomic E-state index is 11.8. The summed E-state index contributed by atoms with van der Waals surface area (Å²) >= 11 is 0. The van der Waals surface area contributed by atoms with Gasteiger partial charge in [0.2, 0.25) is 5.91 Å². The van der Waals surface area contributed by atoms with Gasteiger partial charge in [-0.05, 0) is 37.0 Å². The Bertz CT molecular complexity index is 454. The van der Waals surface area contributed by atoms with Crippen LogP contribution in [-0.4, -0.2) is 23.2 Å². The van der Waals surface area contributed by atoms with Crippen molar-refractivity contribution < 1.29 is 9.90 Å². The van der Waals surface area contributed by atoms with Crippen LogP contribution in [0.4, 0.5) is 5.69 Å². The van der Waals surface area contributed by atoms with Gasteiger partial charge in [-0.2, -0.15) is 0 Å². The van der Waals surface area contributed by atoms with Gasteiger partial charge in [0.25, 0.3) is 0 Å². The van der Waals surface area contributed by atoms with E-state index < -0.39 is 5.60 Å². The van der Waals surface area contributed by atoms with Gasteiger partial charge in [0.15, 0.2) is 0 Å². The zero-order valence-electron chi connectivity index (χ0n) is 11.9. The third kappa shape index (κ3) is 4.53. The van der Waals surface area contributed by atoms with Gasteiger partial charge in [-0.1, -0.05) is 31.4 Å². The van der Waals surface area contributed by atoms with Gasteiger partial charge in [0.05, 0.1) is 5.60 Å². The highest BCUT2D eigenvalue weighted by molar-refractivity contribution is 5.76. The number of nitrogens with two attached hydrogens (primary N) is 1. The van der Waals surface area contributed by atoms with Crippen molar-refractivity contribution in [1.29, 1.82) is 0 Å². The molecule has 0 saturated heterocycles. The fraction of sp³-hybridized carbons (Fsp3) is 0.562. The molecule has 0 heterocycles. The van der Waals surface area contributed by atoms with Gasteiger partial charge in [-0.15, -0.1) is 0 Å². The van der Waals surface area contributed by atoms with E-state index in [1.54, 1.807) is 0 Å². The molecule has 20 heavy (non-hydrogen) atoms. The third-order valence-electron chi connectivity index (χ3n) is 3.99. The minimum absolute atomic E-state index is 0.00794. The lowest BCUT2D eigenvalue weighted by molar-refractivity contribution is -0.122. The molecule has 4 nitrogen and oxygen atoms in total. The number of amides is 1. The highest BCUT2D eigenvalue weighted by Gasteiger charge is 2.29. The number of carbonyl (C=O) groups is 1. The fourth-order valence-corrected chi connectivity index (χ4v) is 2.74. The molecule has 0 radical (unpaired) electrons. The van der Waals surface area contributed by atoms with Gasteiger partial charge < -0.3 is 16.2 Å². The predicted molar refractivity (Wildman–Crippen MR) is 80.2 cm³/mol. The lowest BCUT2D eigenvalue weighted by atomic mass is 9.85. The van der Waals surface area contributed by atoms with Crippen molar-refractivity contribution >= 4 is 11.6 Å². The summed E-state index contributed by atoms with van der Waals surface area (Å²) in [7, 11) is 0. The average molecular weight is 276 g/mol. The topological polar surface area (TPSA) is 75.4 Å². The quantitative estimate of drug-likeness (QED) is 0.720. The third-order valence-corrected chi connectivity index (χ3v) is 3.99. The Morgan fingerprint density at radius 3 is 2.75 bits per heavy atom. The van der Waals surface area contributed by atoms with E-state index in [4.69, 9.17) is 5.73 Å². The summed E-state index contributed by atoms with van der Waals surface area (Å²) in [5.41, 5.74) is 6.80. The van der Waals surface area contributed by atoms with Crippen LogP contribution in [0.3, 0.4) is 0 Å². The molecule has 4 N–H and O–H groups in total. The van der Waals surface area contributed by atoms with Crippen molar-refractivity contribution in [2.45, 2.75) is 50.5 Å². The molecule has 1 amide bonds. The van der Waals surface area contributed by atoms with Gasteiger partial charge in [0, 0.05) is 18.7 Å². The molecule has 1 aromatic rings. The van der Waals surface area contributed by atoms with Crippen molar-refractivity contribution in [1.82, 2.24) is 5.32 Å². The zero-order valence-corrected chi connectivity index (χ0v) is 11.9. The van der Waals surface area contributed by atoms with Crippen LogP contribution >= 0.6 is 0 Å². The number of benzene rings is 1. The molecule has 1 saturated carbocycles. The van der Waals surface area contributed by atoms with Crippen LogP contribution in [0.2, 0.25) is 0 Å². The van der Waals surface area contributed by atoms with Crippen LogP contribution in [0.5, 0.6) is 0 Å². The molecule has 0 aromatic heterocycles. The second-order valence-electron chi connectivity index (χ2n) is 5.81. The molecular formula is C16H24N2O2. The van der Waals surface area contributed by atoms with E-state index in [-0.39, 0.29) is 5.91 Å². The minimum Gasteiger partial charge on any atom is -0.399 e. The van der Waals surface area contributed by atoms with E-state index in [1.807, 2.05) is 24.3 Å². The highest BCUT2D eigenvalue weighted by atomic mass is 16.3. The van der Waals surface area contributed by atoms with Crippen molar-refractivity contribution in [2.75, 3.05) is 12.3 Å². The first kappa shape index (κ1) is 14.9. The lowest BCUT2D eigenvalue weighted by Crippen LogP contribution is -2.44. The number of hydrogen-bond acceptors (Lipinski definition) is 3. The Morgan fingerprint density at radius 2 is 2.05 bits per heavy atom. The number of aliphatic hydroxyl groups is 1. The molecule has 1 aliphatic rings.